The lowest BCUT2D eigenvalue weighted by molar-refractivity contribution is -0.121. The molecule has 1 aliphatic rings. The number of rotatable bonds is 5. The molecular formula is C17H24N4O2. The number of hydrogen-bond acceptors (Lipinski definition) is 4. The summed E-state index contributed by atoms with van der Waals surface area (Å²) in [5, 5.41) is 8.37. The molecule has 6 nitrogen and oxygen atoms in total. The van der Waals surface area contributed by atoms with Gasteiger partial charge in [0.25, 0.3) is 0 Å². The van der Waals surface area contributed by atoms with Gasteiger partial charge in [0.05, 0.1) is 12.5 Å². The number of fused-ring (bicyclic) bond motifs is 1. The number of aromatic nitrogens is 3. The normalized spacial score (nSPS) is 19.9. The van der Waals surface area contributed by atoms with E-state index in [1.807, 2.05) is 14.0 Å². The fraction of sp³-hybridized carbons (Fsp3) is 0.588. The molecule has 1 N–H and O–H groups in total. The van der Waals surface area contributed by atoms with E-state index in [1.165, 1.54) is 0 Å². The Labute approximate surface area is 136 Å². The standard InChI is InChI=1S/C17H24N4O2/c1-9-8-13(9)19-14(22)7-6-12-10(2)15-16(18-11(12)3)21(4)20-17(15)23-5/h9,13H,6-8H2,1-5H3,(H,19,22)/t9-,13+/m0/s1. The molecule has 2 aromatic rings. The third kappa shape index (κ3) is 2.90. The van der Waals surface area contributed by atoms with E-state index in [4.69, 9.17) is 4.74 Å². The molecule has 1 amide bonds. The highest BCUT2D eigenvalue weighted by atomic mass is 16.5. The van der Waals surface area contributed by atoms with Crippen molar-refractivity contribution in [1.29, 1.82) is 0 Å². The fourth-order valence-electron chi connectivity index (χ4n) is 3.15. The molecule has 0 unspecified atom stereocenters. The number of nitrogens with one attached hydrogen (secondary N) is 1. The van der Waals surface area contributed by atoms with E-state index in [0.717, 1.165) is 34.3 Å². The number of carbonyl (C=O) groups is 1. The second-order valence-electron chi connectivity index (χ2n) is 6.52. The van der Waals surface area contributed by atoms with E-state index in [0.29, 0.717) is 30.7 Å². The fourth-order valence-corrected chi connectivity index (χ4v) is 3.15. The van der Waals surface area contributed by atoms with Crippen LogP contribution in [0.25, 0.3) is 11.0 Å². The van der Waals surface area contributed by atoms with Crippen LogP contribution in [-0.4, -0.2) is 33.8 Å². The van der Waals surface area contributed by atoms with Crippen molar-refractivity contribution in [2.24, 2.45) is 13.0 Å². The molecule has 2 atom stereocenters. The zero-order chi connectivity index (χ0) is 16.7. The Bertz CT molecular complexity index is 766. The molecule has 1 fully saturated rings. The summed E-state index contributed by atoms with van der Waals surface area (Å²) in [6, 6.07) is 0.378. The molecule has 0 saturated heterocycles. The SMILES string of the molecule is COc1nn(C)c2nc(C)c(CCC(=O)N[C@@H]3C[C@@H]3C)c(C)c12. The largest absolute Gasteiger partial charge is 0.479 e. The van der Waals surface area contributed by atoms with Crippen LogP contribution >= 0.6 is 0 Å². The molecular weight excluding hydrogens is 292 g/mol. The number of methoxy groups -OCH3 is 1. The maximum absolute atomic E-state index is 12.1. The lowest BCUT2D eigenvalue weighted by atomic mass is 10.00. The second-order valence-corrected chi connectivity index (χ2v) is 6.52. The van der Waals surface area contributed by atoms with Gasteiger partial charge in [-0.15, -0.1) is 5.10 Å². The van der Waals surface area contributed by atoms with E-state index in [9.17, 15) is 4.79 Å². The van der Waals surface area contributed by atoms with E-state index in [1.54, 1.807) is 11.8 Å². The van der Waals surface area contributed by atoms with E-state index >= 15 is 0 Å². The third-order valence-electron chi connectivity index (χ3n) is 4.77. The number of ether oxygens (including phenoxy) is 1. The van der Waals surface area contributed by atoms with Crippen molar-refractivity contribution in [2.45, 2.75) is 46.1 Å². The van der Waals surface area contributed by atoms with Gasteiger partial charge in [0.15, 0.2) is 5.65 Å². The topological polar surface area (TPSA) is 69.0 Å². The predicted molar refractivity (Wildman–Crippen MR) is 88.6 cm³/mol. The lowest BCUT2D eigenvalue weighted by Crippen LogP contribution is -2.26. The number of aryl methyl sites for hydroxylation is 3. The van der Waals surface area contributed by atoms with Gasteiger partial charge in [-0.2, -0.15) is 0 Å². The summed E-state index contributed by atoms with van der Waals surface area (Å²) in [6.45, 7) is 6.20. The molecule has 124 valence electrons. The maximum Gasteiger partial charge on any atom is 0.242 e. The molecule has 23 heavy (non-hydrogen) atoms. The van der Waals surface area contributed by atoms with Gasteiger partial charge in [-0.25, -0.2) is 9.67 Å². The molecule has 0 spiro atoms. The summed E-state index contributed by atoms with van der Waals surface area (Å²) in [4.78, 5) is 16.7. The molecule has 0 radical (unpaired) electrons. The maximum atomic E-state index is 12.1. The number of amides is 1. The molecule has 0 bridgehead atoms. The van der Waals surface area contributed by atoms with Crippen LogP contribution in [0.4, 0.5) is 0 Å². The lowest BCUT2D eigenvalue weighted by Gasteiger charge is -2.11. The van der Waals surface area contributed by atoms with Crippen molar-refractivity contribution in [3.63, 3.8) is 0 Å². The molecule has 2 aromatic heterocycles. The summed E-state index contributed by atoms with van der Waals surface area (Å²) in [7, 11) is 3.48. The van der Waals surface area contributed by atoms with Crippen molar-refractivity contribution in [1.82, 2.24) is 20.1 Å². The average molecular weight is 316 g/mol. The predicted octanol–water partition coefficient (Wildman–Crippen LogP) is 2.05. The molecule has 3 rings (SSSR count). The van der Waals surface area contributed by atoms with Crippen molar-refractivity contribution in [2.75, 3.05) is 7.11 Å². The molecule has 0 aromatic carbocycles. The summed E-state index contributed by atoms with van der Waals surface area (Å²) >= 11 is 0. The van der Waals surface area contributed by atoms with Crippen LogP contribution in [0.3, 0.4) is 0 Å². The first-order valence-corrected chi connectivity index (χ1v) is 8.08. The first-order chi connectivity index (χ1) is 10.9. The van der Waals surface area contributed by atoms with Crippen LogP contribution in [0.1, 0.15) is 36.6 Å². The van der Waals surface area contributed by atoms with Gasteiger partial charge in [-0.3, -0.25) is 4.79 Å². The highest BCUT2D eigenvalue weighted by molar-refractivity contribution is 5.86. The number of carbonyl (C=O) groups excluding carboxylic acids is 1. The summed E-state index contributed by atoms with van der Waals surface area (Å²) < 4.78 is 7.11. The van der Waals surface area contributed by atoms with Crippen LogP contribution in [0.2, 0.25) is 0 Å². The molecule has 1 saturated carbocycles. The first kappa shape index (κ1) is 15.8. The Morgan fingerprint density at radius 1 is 1.43 bits per heavy atom. The highest BCUT2D eigenvalue weighted by Crippen LogP contribution is 2.31. The number of hydrogen-bond donors (Lipinski definition) is 1. The summed E-state index contributed by atoms with van der Waals surface area (Å²) in [5.74, 6) is 1.33. The van der Waals surface area contributed by atoms with Crippen molar-refractivity contribution in [3.8, 4) is 5.88 Å². The van der Waals surface area contributed by atoms with Crippen LogP contribution in [0, 0.1) is 19.8 Å². The Morgan fingerprint density at radius 2 is 2.13 bits per heavy atom. The zero-order valence-electron chi connectivity index (χ0n) is 14.4. The van der Waals surface area contributed by atoms with E-state index < -0.39 is 0 Å². The smallest absolute Gasteiger partial charge is 0.242 e. The summed E-state index contributed by atoms with van der Waals surface area (Å²) in [6.07, 6.45) is 2.27. The van der Waals surface area contributed by atoms with Gasteiger partial charge in [0.2, 0.25) is 11.8 Å². The third-order valence-corrected chi connectivity index (χ3v) is 4.77. The quantitative estimate of drug-likeness (QED) is 0.916. The first-order valence-electron chi connectivity index (χ1n) is 8.08. The van der Waals surface area contributed by atoms with Gasteiger partial charge in [0, 0.05) is 25.2 Å². The van der Waals surface area contributed by atoms with E-state index in [-0.39, 0.29) is 5.91 Å². The zero-order valence-corrected chi connectivity index (χ0v) is 14.4. The monoisotopic (exact) mass is 316 g/mol. The van der Waals surface area contributed by atoms with E-state index in [2.05, 4.69) is 29.2 Å². The molecule has 2 heterocycles. The van der Waals surface area contributed by atoms with Crippen LogP contribution in [0.5, 0.6) is 5.88 Å². The van der Waals surface area contributed by atoms with Crippen molar-refractivity contribution in [3.05, 3.63) is 16.8 Å². The minimum atomic E-state index is 0.122. The van der Waals surface area contributed by atoms with Gasteiger partial charge < -0.3 is 10.1 Å². The van der Waals surface area contributed by atoms with Crippen molar-refractivity contribution < 1.29 is 9.53 Å². The van der Waals surface area contributed by atoms with Crippen molar-refractivity contribution >= 4 is 16.9 Å². The van der Waals surface area contributed by atoms with Gasteiger partial charge >= 0.3 is 0 Å². The van der Waals surface area contributed by atoms with Gasteiger partial charge in [-0.05, 0) is 43.7 Å². The van der Waals surface area contributed by atoms with Crippen LogP contribution in [-0.2, 0) is 18.3 Å². The molecule has 1 aliphatic carbocycles. The number of pyridine rings is 1. The minimum Gasteiger partial charge on any atom is -0.479 e. The van der Waals surface area contributed by atoms with Crippen LogP contribution < -0.4 is 10.1 Å². The Morgan fingerprint density at radius 3 is 2.74 bits per heavy atom. The van der Waals surface area contributed by atoms with Crippen LogP contribution in [0.15, 0.2) is 0 Å². The van der Waals surface area contributed by atoms with Gasteiger partial charge in [0.1, 0.15) is 0 Å². The second kappa shape index (κ2) is 5.83. The Hall–Kier alpha value is -2.11. The number of nitrogens with zero attached hydrogens (tertiary/aromatic N) is 3. The minimum absolute atomic E-state index is 0.122. The average Bonchev–Trinajstić information content (AvgIpc) is 3.08. The molecule has 0 aliphatic heterocycles. The summed E-state index contributed by atoms with van der Waals surface area (Å²) in [5.41, 5.74) is 3.98. The van der Waals surface area contributed by atoms with Gasteiger partial charge in [-0.1, -0.05) is 6.92 Å². The molecule has 6 heteroatoms. The highest BCUT2D eigenvalue weighted by Gasteiger charge is 2.33. The Balaban J connectivity index is 1.84. The Kier molecular flexibility index (Phi) is 4.00.